The van der Waals surface area contributed by atoms with Gasteiger partial charge in [0.2, 0.25) is 5.76 Å². The molecular weight excluding hydrogens is 182 g/mol. The summed E-state index contributed by atoms with van der Waals surface area (Å²) in [5, 5.41) is 8.87. The Hall–Kier alpha value is -1.32. The Bertz CT molecular complexity index is 352. The highest BCUT2D eigenvalue weighted by Gasteiger charge is 2.31. The minimum absolute atomic E-state index is 0.0359. The molecule has 1 heterocycles. The zero-order valence-corrected chi connectivity index (χ0v) is 8.12. The molecule has 0 radical (unpaired) electrons. The van der Waals surface area contributed by atoms with Crippen molar-refractivity contribution in [2.24, 2.45) is 0 Å². The van der Waals surface area contributed by atoms with Gasteiger partial charge in [0.15, 0.2) is 5.89 Å². The van der Waals surface area contributed by atoms with Crippen molar-refractivity contribution in [3.63, 3.8) is 0 Å². The Morgan fingerprint density at radius 1 is 1.64 bits per heavy atom. The van der Waals surface area contributed by atoms with Crippen molar-refractivity contribution >= 4 is 5.97 Å². The number of aromatic carboxylic acids is 1. The molecular formula is C10H13NO3. The number of aromatic nitrogens is 1. The Morgan fingerprint density at radius 2 is 2.36 bits per heavy atom. The molecule has 2 rings (SSSR count). The summed E-state index contributed by atoms with van der Waals surface area (Å²) in [5.74, 6) is 0.0196. The lowest BCUT2D eigenvalue weighted by Gasteiger charge is -1.91. The van der Waals surface area contributed by atoms with Gasteiger partial charge in [0, 0.05) is 5.92 Å². The van der Waals surface area contributed by atoms with E-state index < -0.39 is 5.97 Å². The smallest absolute Gasteiger partial charge is 0.373 e. The van der Waals surface area contributed by atoms with Crippen LogP contribution >= 0.6 is 0 Å². The van der Waals surface area contributed by atoms with Crippen LogP contribution in [0.3, 0.4) is 0 Å². The molecule has 0 saturated heterocycles. The first-order valence-electron chi connectivity index (χ1n) is 4.95. The summed E-state index contributed by atoms with van der Waals surface area (Å²) >= 11 is 0. The Balaban J connectivity index is 2.29. The zero-order chi connectivity index (χ0) is 10.1. The monoisotopic (exact) mass is 195 g/mol. The van der Waals surface area contributed by atoms with Crippen LogP contribution in [0.15, 0.2) is 4.42 Å². The van der Waals surface area contributed by atoms with E-state index in [1.807, 2.05) is 6.92 Å². The van der Waals surface area contributed by atoms with E-state index in [1.165, 1.54) is 0 Å². The molecule has 1 fully saturated rings. The van der Waals surface area contributed by atoms with E-state index in [0.717, 1.165) is 19.3 Å². The van der Waals surface area contributed by atoms with E-state index in [0.29, 0.717) is 23.9 Å². The van der Waals surface area contributed by atoms with Crippen LogP contribution in [0.1, 0.15) is 54.2 Å². The van der Waals surface area contributed by atoms with Crippen molar-refractivity contribution in [2.45, 2.75) is 38.5 Å². The molecule has 4 nitrogen and oxygen atoms in total. The van der Waals surface area contributed by atoms with Crippen LogP contribution in [-0.4, -0.2) is 16.1 Å². The van der Waals surface area contributed by atoms with Crippen LogP contribution in [0.5, 0.6) is 0 Å². The predicted molar refractivity (Wildman–Crippen MR) is 49.4 cm³/mol. The average Bonchev–Trinajstić information content (AvgIpc) is 2.89. The summed E-state index contributed by atoms with van der Waals surface area (Å²) in [4.78, 5) is 15.1. The van der Waals surface area contributed by atoms with Crippen molar-refractivity contribution < 1.29 is 14.3 Å². The van der Waals surface area contributed by atoms with E-state index >= 15 is 0 Å². The van der Waals surface area contributed by atoms with Gasteiger partial charge >= 0.3 is 5.97 Å². The fourth-order valence-electron chi connectivity index (χ4n) is 1.45. The van der Waals surface area contributed by atoms with Crippen LogP contribution in [0, 0.1) is 0 Å². The maximum Gasteiger partial charge on any atom is 0.373 e. The number of hydrogen-bond donors (Lipinski definition) is 1. The van der Waals surface area contributed by atoms with Gasteiger partial charge in [-0.1, -0.05) is 13.3 Å². The number of hydrogen-bond acceptors (Lipinski definition) is 3. The second-order valence-corrected chi connectivity index (χ2v) is 3.66. The van der Waals surface area contributed by atoms with Gasteiger partial charge in [-0.2, -0.15) is 0 Å². The molecule has 0 atom stereocenters. The summed E-state index contributed by atoms with van der Waals surface area (Å²) in [6.07, 6.45) is 3.71. The quantitative estimate of drug-likeness (QED) is 0.799. The minimum Gasteiger partial charge on any atom is -0.475 e. The molecule has 1 aliphatic rings. The van der Waals surface area contributed by atoms with Crippen LogP contribution in [0.25, 0.3) is 0 Å². The highest BCUT2D eigenvalue weighted by molar-refractivity contribution is 5.85. The van der Waals surface area contributed by atoms with Gasteiger partial charge < -0.3 is 9.52 Å². The number of aryl methyl sites for hydroxylation is 1. The molecule has 1 aromatic heterocycles. The van der Waals surface area contributed by atoms with Gasteiger partial charge in [0.1, 0.15) is 0 Å². The largest absolute Gasteiger partial charge is 0.475 e. The number of oxazole rings is 1. The third-order valence-corrected chi connectivity index (χ3v) is 2.32. The fraction of sp³-hybridized carbons (Fsp3) is 0.600. The van der Waals surface area contributed by atoms with E-state index in [2.05, 4.69) is 4.98 Å². The number of nitrogens with zero attached hydrogens (tertiary/aromatic N) is 1. The van der Waals surface area contributed by atoms with E-state index in [-0.39, 0.29) is 5.76 Å². The molecule has 0 aromatic carbocycles. The summed E-state index contributed by atoms with van der Waals surface area (Å²) < 4.78 is 5.24. The normalized spacial score (nSPS) is 15.8. The first-order valence-corrected chi connectivity index (χ1v) is 4.95. The molecule has 4 heteroatoms. The lowest BCUT2D eigenvalue weighted by molar-refractivity contribution is 0.0659. The molecule has 0 bridgehead atoms. The number of carboxylic acid groups (broad SMARTS) is 1. The van der Waals surface area contributed by atoms with E-state index in [1.54, 1.807) is 0 Å². The van der Waals surface area contributed by atoms with E-state index in [9.17, 15) is 4.79 Å². The summed E-state index contributed by atoms with van der Waals surface area (Å²) in [7, 11) is 0. The maximum atomic E-state index is 10.8. The fourth-order valence-corrected chi connectivity index (χ4v) is 1.45. The van der Waals surface area contributed by atoms with Gasteiger partial charge in [-0.05, 0) is 19.3 Å². The maximum absolute atomic E-state index is 10.8. The van der Waals surface area contributed by atoms with Crippen LogP contribution in [-0.2, 0) is 6.42 Å². The summed E-state index contributed by atoms with van der Waals surface area (Å²) in [6, 6.07) is 0. The predicted octanol–water partition coefficient (Wildman–Crippen LogP) is 2.20. The molecule has 1 N–H and O–H groups in total. The highest BCUT2D eigenvalue weighted by atomic mass is 16.4. The Kier molecular flexibility index (Phi) is 2.27. The van der Waals surface area contributed by atoms with Crippen molar-refractivity contribution in [3.05, 3.63) is 17.3 Å². The van der Waals surface area contributed by atoms with Crippen molar-refractivity contribution in [1.82, 2.24) is 4.98 Å². The van der Waals surface area contributed by atoms with Gasteiger partial charge in [0.25, 0.3) is 0 Å². The Labute approximate surface area is 81.9 Å². The molecule has 76 valence electrons. The van der Waals surface area contributed by atoms with Crippen molar-refractivity contribution in [2.75, 3.05) is 0 Å². The number of carboxylic acids is 1. The van der Waals surface area contributed by atoms with Gasteiger partial charge in [-0.15, -0.1) is 0 Å². The topological polar surface area (TPSA) is 63.3 Å². The van der Waals surface area contributed by atoms with Gasteiger partial charge in [-0.3, -0.25) is 0 Å². The van der Waals surface area contributed by atoms with Crippen molar-refractivity contribution in [3.8, 4) is 0 Å². The standard InChI is InChI=1S/C10H13NO3/c1-2-3-7-8(10(12)13)14-9(11-7)6-4-5-6/h6H,2-5H2,1H3,(H,12,13). The molecule has 1 aliphatic carbocycles. The first-order chi connectivity index (χ1) is 6.72. The molecule has 1 aromatic rings. The van der Waals surface area contributed by atoms with E-state index in [4.69, 9.17) is 9.52 Å². The average molecular weight is 195 g/mol. The second kappa shape index (κ2) is 3.44. The van der Waals surface area contributed by atoms with Gasteiger partial charge in [-0.25, -0.2) is 9.78 Å². The molecule has 0 unspecified atom stereocenters. The minimum atomic E-state index is -1.01. The van der Waals surface area contributed by atoms with Crippen molar-refractivity contribution in [1.29, 1.82) is 0 Å². The highest BCUT2D eigenvalue weighted by Crippen LogP contribution is 2.40. The van der Waals surface area contributed by atoms with Crippen LogP contribution in [0.4, 0.5) is 0 Å². The third-order valence-electron chi connectivity index (χ3n) is 2.32. The second-order valence-electron chi connectivity index (χ2n) is 3.66. The SMILES string of the molecule is CCCc1nc(C2CC2)oc1C(=O)O. The summed E-state index contributed by atoms with van der Waals surface area (Å²) in [6.45, 7) is 2.00. The molecule has 0 spiro atoms. The first kappa shape index (κ1) is 9.24. The number of carbonyl (C=O) groups is 1. The summed E-state index contributed by atoms with van der Waals surface area (Å²) in [5.41, 5.74) is 0.599. The Morgan fingerprint density at radius 3 is 2.86 bits per heavy atom. The van der Waals surface area contributed by atoms with Crippen LogP contribution < -0.4 is 0 Å². The third kappa shape index (κ3) is 1.64. The van der Waals surface area contributed by atoms with Crippen LogP contribution in [0.2, 0.25) is 0 Å². The zero-order valence-electron chi connectivity index (χ0n) is 8.12. The van der Waals surface area contributed by atoms with Gasteiger partial charge in [0.05, 0.1) is 5.69 Å². The lowest BCUT2D eigenvalue weighted by Crippen LogP contribution is -1.99. The lowest BCUT2D eigenvalue weighted by atomic mass is 10.2. The molecule has 14 heavy (non-hydrogen) atoms. The molecule has 0 amide bonds. The number of rotatable bonds is 4. The molecule has 0 aliphatic heterocycles. The molecule has 1 saturated carbocycles.